The lowest BCUT2D eigenvalue weighted by atomic mass is 10.0. The Hall–Kier alpha value is -2.81. The Labute approximate surface area is 431 Å². The average molecular weight is 1000 g/mol. The summed E-state index contributed by atoms with van der Waals surface area (Å²) in [4.78, 5) is 37.8. The van der Waals surface area contributed by atoms with Crippen molar-refractivity contribution in [3.05, 3.63) is 85.1 Å². The molecule has 70 heavy (non-hydrogen) atoms. The van der Waals surface area contributed by atoms with E-state index in [9.17, 15) is 19.0 Å². The predicted molar refractivity (Wildman–Crippen MR) is 296 cm³/mol. The molecule has 0 aliphatic rings. The highest BCUT2D eigenvalue weighted by molar-refractivity contribution is 7.45. The Bertz CT molecular complexity index is 1460. The van der Waals surface area contributed by atoms with Crippen molar-refractivity contribution in [2.24, 2.45) is 0 Å². The zero-order chi connectivity index (χ0) is 51.3. The van der Waals surface area contributed by atoms with Crippen LogP contribution in [-0.2, 0) is 32.7 Å². The number of nitrogens with zero attached hydrogens (tertiary/aromatic N) is 1. The molecule has 0 aliphatic heterocycles. The summed E-state index contributed by atoms with van der Waals surface area (Å²) in [5.74, 6) is -0.885. The Kier molecular flexibility index (Phi) is 49.1. The number of hydrogen-bond donors (Lipinski definition) is 0. The Morgan fingerprint density at radius 2 is 0.814 bits per heavy atom. The van der Waals surface area contributed by atoms with Crippen molar-refractivity contribution in [3.8, 4) is 0 Å². The fraction of sp³-hybridized carbons (Fsp3) is 0.733. The van der Waals surface area contributed by atoms with E-state index in [0.29, 0.717) is 17.4 Å². The first-order valence-corrected chi connectivity index (χ1v) is 29.8. The third-order valence-electron chi connectivity index (χ3n) is 11.9. The van der Waals surface area contributed by atoms with Gasteiger partial charge in [-0.05, 0) is 89.9 Å². The monoisotopic (exact) mass is 1000 g/mol. The second-order valence-corrected chi connectivity index (χ2v) is 21.3. The number of carbonyl (C=O) groups excluding carboxylic acids is 2. The molecule has 0 amide bonds. The second kappa shape index (κ2) is 51.1. The van der Waals surface area contributed by atoms with Gasteiger partial charge >= 0.3 is 11.9 Å². The second-order valence-electron chi connectivity index (χ2n) is 19.9. The molecule has 0 aromatic rings. The molecule has 0 bridgehead atoms. The third-order valence-corrected chi connectivity index (χ3v) is 12.9. The predicted octanol–water partition coefficient (Wildman–Crippen LogP) is 16.8. The maximum absolute atomic E-state index is 12.8. The number of rotatable bonds is 51. The average Bonchev–Trinajstić information content (AvgIpc) is 3.32. The standard InChI is InChI=1S/C60H106NO8P/c1-6-8-10-12-14-16-18-20-22-24-26-28-29-30-31-33-34-36-38-40-42-44-46-48-50-52-59(62)66-56-58(57-68-70(64,65)67-55-54-61(3,4)5)69-60(63)53-51-49-47-45-43-41-39-37-35-32-27-25-23-21-19-17-15-13-11-9-7-2/h9,11,15,17,21,23-24,26-27,32,37,39,43,45,58H,6-8,10,12-14,16,18-20,22,25,28-31,33-36,38,40-42,44,46-57H2,1-5H3/b11-9-,17-15-,23-21-,26-24-,32-27-,39-37-,45-43-. The lowest BCUT2D eigenvalue weighted by molar-refractivity contribution is -0.870. The topological polar surface area (TPSA) is 111 Å². The van der Waals surface area contributed by atoms with Crippen LogP contribution in [0.2, 0.25) is 0 Å². The number of hydrogen-bond acceptors (Lipinski definition) is 8. The quantitative estimate of drug-likeness (QED) is 0.0195. The van der Waals surface area contributed by atoms with Gasteiger partial charge in [0.2, 0.25) is 0 Å². The van der Waals surface area contributed by atoms with Gasteiger partial charge in [0, 0.05) is 12.8 Å². The first-order valence-electron chi connectivity index (χ1n) is 28.3. The van der Waals surface area contributed by atoms with Gasteiger partial charge in [0.05, 0.1) is 27.7 Å². The van der Waals surface area contributed by atoms with E-state index >= 15 is 0 Å². The molecule has 0 rings (SSSR count). The van der Waals surface area contributed by atoms with Gasteiger partial charge in [-0.2, -0.15) is 0 Å². The van der Waals surface area contributed by atoms with E-state index in [0.717, 1.165) is 70.6 Å². The van der Waals surface area contributed by atoms with Crippen molar-refractivity contribution in [1.82, 2.24) is 0 Å². The summed E-state index contributed by atoms with van der Waals surface area (Å²) < 4.78 is 34.1. The van der Waals surface area contributed by atoms with E-state index in [1.807, 2.05) is 21.1 Å². The molecular formula is C60H106NO8P. The number of quaternary nitrogens is 1. The summed E-state index contributed by atoms with van der Waals surface area (Å²) in [5, 5.41) is 0. The first kappa shape index (κ1) is 67.2. The Balaban J connectivity index is 4.25. The summed E-state index contributed by atoms with van der Waals surface area (Å²) in [6.45, 7) is 4.08. The van der Waals surface area contributed by atoms with Crippen LogP contribution in [0.3, 0.4) is 0 Å². The molecule has 0 heterocycles. The van der Waals surface area contributed by atoms with Crippen LogP contribution >= 0.6 is 7.82 Å². The molecule has 0 aliphatic carbocycles. The van der Waals surface area contributed by atoms with Crippen LogP contribution in [0, 0.1) is 0 Å². The molecule has 0 N–H and O–H groups in total. The number of carbonyl (C=O) groups is 2. The minimum Gasteiger partial charge on any atom is -0.756 e. The molecule has 10 heteroatoms. The van der Waals surface area contributed by atoms with Crippen molar-refractivity contribution < 1.29 is 42.1 Å². The highest BCUT2D eigenvalue weighted by atomic mass is 31.2. The molecule has 9 nitrogen and oxygen atoms in total. The molecule has 0 spiro atoms. The van der Waals surface area contributed by atoms with Crippen molar-refractivity contribution >= 4 is 19.8 Å². The van der Waals surface area contributed by atoms with Gasteiger partial charge in [0.15, 0.2) is 6.10 Å². The molecule has 0 aromatic carbocycles. The van der Waals surface area contributed by atoms with E-state index in [1.54, 1.807) is 0 Å². The summed E-state index contributed by atoms with van der Waals surface area (Å²) >= 11 is 0. The van der Waals surface area contributed by atoms with Crippen LogP contribution in [-0.4, -0.2) is 70.0 Å². The van der Waals surface area contributed by atoms with E-state index in [2.05, 4.69) is 98.9 Å². The van der Waals surface area contributed by atoms with Gasteiger partial charge in [-0.1, -0.05) is 214 Å². The number of phosphoric ester groups is 1. The Morgan fingerprint density at radius 3 is 1.26 bits per heavy atom. The van der Waals surface area contributed by atoms with Crippen LogP contribution < -0.4 is 4.89 Å². The van der Waals surface area contributed by atoms with Crippen LogP contribution in [0.25, 0.3) is 0 Å². The number of phosphoric acid groups is 1. The Morgan fingerprint density at radius 1 is 0.457 bits per heavy atom. The lowest BCUT2D eigenvalue weighted by Gasteiger charge is -2.28. The van der Waals surface area contributed by atoms with Crippen molar-refractivity contribution in [3.63, 3.8) is 0 Å². The normalized spacial score (nSPS) is 14.0. The van der Waals surface area contributed by atoms with E-state index in [-0.39, 0.29) is 26.1 Å². The minimum atomic E-state index is -4.65. The van der Waals surface area contributed by atoms with E-state index in [4.69, 9.17) is 18.5 Å². The molecule has 404 valence electrons. The van der Waals surface area contributed by atoms with Crippen molar-refractivity contribution in [2.75, 3.05) is 47.5 Å². The largest absolute Gasteiger partial charge is 0.756 e. The van der Waals surface area contributed by atoms with Gasteiger partial charge in [0.1, 0.15) is 19.8 Å². The smallest absolute Gasteiger partial charge is 0.306 e. The zero-order valence-electron chi connectivity index (χ0n) is 45.7. The van der Waals surface area contributed by atoms with Crippen LogP contribution in [0.5, 0.6) is 0 Å². The summed E-state index contributed by atoms with van der Waals surface area (Å²) in [6, 6.07) is 0. The van der Waals surface area contributed by atoms with Crippen molar-refractivity contribution in [2.45, 2.75) is 238 Å². The van der Waals surface area contributed by atoms with E-state index < -0.39 is 32.5 Å². The van der Waals surface area contributed by atoms with Gasteiger partial charge in [0.25, 0.3) is 7.82 Å². The number of allylic oxidation sites excluding steroid dienone is 14. The van der Waals surface area contributed by atoms with E-state index in [1.165, 1.54) is 128 Å². The lowest BCUT2D eigenvalue weighted by Crippen LogP contribution is -2.37. The fourth-order valence-corrected chi connectivity index (χ4v) is 8.26. The first-order chi connectivity index (χ1) is 34.0. The van der Waals surface area contributed by atoms with Gasteiger partial charge < -0.3 is 27.9 Å². The number of ether oxygens (including phenoxy) is 2. The van der Waals surface area contributed by atoms with Crippen LogP contribution in [0.4, 0.5) is 0 Å². The fourth-order valence-electron chi connectivity index (χ4n) is 7.54. The van der Waals surface area contributed by atoms with Crippen LogP contribution in [0.1, 0.15) is 232 Å². The molecule has 2 unspecified atom stereocenters. The number of esters is 2. The summed E-state index contributed by atoms with van der Waals surface area (Å²) in [7, 11) is 1.13. The zero-order valence-corrected chi connectivity index (χ0v) is 46.6. The molecular weight excluding hydrogens is 894 g/mol. The molecule has 0 fully saturated rings. The number of likely N-dealkylation sites (N-methyl/N-ethyl adjacent to an activating group) is 1. The highest BCUT2D eigenvalue weighted by Gasteiger charge is 2.21. The highest BCUT2D eigenvalue weighted by Crippen LogP contribution is 2.38. The molecule has 0 radical (unpaired) electrons. The molecule has 0 saturated carbocycles. The van der Waals surface area contributed by atoms with Gasteiger partial charge in [-0.3, -0.25) is 14.2 Å². The summed E-state index contributed by atoms with van der Waals surface area (Å²) in [6.07, 6.45) is 67.8. The van der Waals surface area contributed by atoms with Crippen LogP contribution in [0.15, 0.2) is 85.1 Å². The maximum atomic E-state index is 12.8. The van der Waals surface area contributed by atoms with Gasteiger partial charge in [-0.15, -0.1) is 0 Å². The minimum absolute atomic E-state index is 0.0431. The molecule has 0 aromatic heterocycles. The van der Waals surface area contributed by atoms with Gasteiger partial charge in [-0.25, -0.2) is 0 Å². The molecule has 2 atom stereocenters. The maximum Gasteiger partial charge on any atom is 0.306 e. The van der Waals surface area contributed by atoms with Crippen molar-refractivity contribution in [1.29, 1.82) is 0 Å². The summed E-state index contributed by atoms with van der Waals surface area (Å²) in [5.41, 5.74) is 0. The SMILES string of the molecule is CC/C=C\C/C=C\C/C=C\C/C=C\C/C=C\C/C=C\CCCCC(=O)OC(COC(=O)CCCCCCCCCCCCCCC/C=C\CCCCCCCCCC)COP(=O)([O-])OCC[N+](C)(C)C. The number of unbranched alkanes of at least 4 members (excludes halogenated alkanes) is 23. The third kappa shape index (κ3) is 54.5. The molecule has 0 saturated heterocycles.